The van der Waals surface area contributed by atoms with Crippen molar-refractivity contribution < 1.29 is 34.9 Å². The van der Waals surface area contributed by atoms with Crippen LogP contribution >= 0.6 is 74.1 Å². The Labute approximate surface area is 304 Å². The molecule has 0 aliphatic rings. The number of carbonyl (C=O) groups is 2. The number of rotatable bonds is 4. The molecule has 0 fully saturated rings. The number of nitrogens with one attached hydrogen (secondary N) is 2. The van der Waals surface area contributed by atoms with Gasteiger partial charge in [0.15, 0.2) is 20.3 Å². The fraction of sp³-hybridized carbons (Fsp3) is 0. The normalized spacial score (nSPS) is 9.47. The maximum atomic E-state index is 12.5. The summed E-state index contributed by atoms with van der Waals surface area (Å²) in [6.45, 7) is 0. The minimum absolute atomic E-state index is 0.00772. The third kappa shape index (κ3) is 11.0. The summed E-state index contributed by atoms with van der Waals surface area (Å²) in [5.74, 6) is -0.802. The second kappa shape index (κ2) is 19.3. The van der Waals surface area contributed by atoms with Gasteiger partial charge < -0.3 is 49.7 Å². The summed E-state index contributed by atoms with van der Waals surface area (Å²) in [6.07, 6.45) is 10.9. The molecule has 0 aliphatic heterocycles. The van der Waals surface area contributed by atoms with Crippen LogP contribution < -0.4 is 10.0 Å². The first kappa shape index (κ1) is 38.0. The fourth-order valence-electron chi connectivity index (χ4n) is 2.71. The van der Waals surface area contributed by atoms with Crippen molar-refractivity contribution in [1.29, 1.82) is 0 Å². The molecule has 0 radical (unpaired) electrons. The van der Waals surface area contributed by atoms with Gasteiger partial charge in [0, 0.05) is 24.8 Å². The Morgan fingerprint density at radius 2 is 1.04 bits per heavy atom. The number of anilines is 2. The van der Waals surface area contributed by atoms with Gasteiger partial charge in [-0.3, -0.25) is 19.6 Å². The quantitative estimate of drug-likeness (QED) is 0.0734. The molecule has 4 rings (SSSR count). The fourth-order valence-corrected chi connectivity index (χ4v) is 4.11. The molecule has 4 aromatic rings. The molecule has 0 spiro atoms. The topological polar surface area (TPSA) is 216 Å². The van der Waals surface area contributed by atoms with Gasteiger partial charge >= 0.3 is 25.3 Å². The summed E-state index contributed by atoms with van der Waals surface area (Å²) in [5, 5.41) is 23.9. The minimum atomic E-state index is -2.03. The van der Waals surface area contributed by atoms with Crippen LogP contribution in [0.3, 0.4) is 0 Å². The van der Waals surface area contributed by atoms with E-state index in [1.165, 1.54) is 49.6 Å². The van der Waals surface area contributed by atoms with Crippen LogP contribution in [-0.2, 0) is 50.5 Å². The Morgan fingerprint density at radius 3 is 1.27 bits per heavy atom. The summed E-state index contributed by atoms with van der Waals surface area (Å²) in [7, 11) is 0. The zero-order valence-electron chi connectivity index (χ0n) is 21.4. The molecule has 0 aliphatic carbocycles. The predicted molar refractivity (Wildman–Crippen MR) is 179 cm³/mol. The number of amides is 2. The molecule has 0 bridgehead atoms. The Bertz CT molecular complexity index is 1550. The van der Waals surface area contributed by atoms with Crippen molar-refractivity contribution in [3.05, 3.63) is 61.0 Å². The predicted octanol–water partition coefficient (Wildman–Crippen LogP) is 0.770. The number of thiol groups is 2. The zero-order chi connectivity index (χ0) is 33.5. The summed E-state index contributed by atoms with van der Waals surface area (Å²) in [4.78, 5) is 40.5. The van der Waals surface area contributed by atoms with Gasteiger partial charge in [0.1, 0.15) is 11.4 Å². The molecule has 232 valence electrons. The van der Waals surface area contributed by atoms with Crippen LogP contribution in [0.15, 0.2) is 49.6 Å². The third-order valence-electron chi connectivity index (χ3n) is 4.30. The van der Waals surface area contributed by atoms with Gasteiger partial charge in [-0.25, -0.2) is 30.0 Å². The molecule has 2 N–H and O–H groups in total. The van der Waals surface area contributed by atoms with Crippen LogP contribution in [0.25, 0.3) is 0 Å². The second-order valence-corrected chi connectivity index (χ2v) is 11.5. The van der Waals surface area contributed by atoms with E-state index in [-0.39, 0.29) is 40.3 Å². The monoisotopic (exact) mass is 842 g/mol. The number of nitrogens with zero attached hydrogens (tertiary/aromatic N) is 12. The molecule has 18 nitrogen and oxygen atoms in total. The standard InChI is InChI=1S/2C9H7N7OS4.Mo.2O/c2*17-7(5-3-10-1-2-11-5)16(9(20)21)15(8(18)19)6-4-12-14-13-6;;;/h2*1-4H,(H,18,19)(H,20,21)(H,12,13,14);;;/q;;+2;;/p-2. The Morgan fingerprint density at radius 1 is 0.689 bits per heavy atom. The van der Waals surface area contributed by atoms with Gasteiger partial charge in [-0.05, 0) is 8.64 Å². The van der Waals surface area contributed by atoms with Crippen molar-refractivity contribution in [3.63, 3.8) is 0 Å². The summed E-state index contributed by atoms with van der Waals surface area (Å²) in [5.41, 5.74) is 0.0885. The zero-order valence-corrected chi connectivity index (χ0v) is 30.1. The molecule has 2 amide bonds. The van der Waals surface area contributed by atoms with Crippen LogP contribution in [0, 0.1) is 0 Å². The molecule has 4 aromatic heterocycles. The van der Waals surface area contributed by atoms with Crippen LogP contribution in [-0.4, -0.2) is 89.9 Å². The first-order chi connectivity index (χ1) is 21.5. The number of aromatic nitrogens is 10. The average Bonchev–Trinajstić information content (AvgIpc) is 3.74. The SMILES string of the molecule is O=C(c1cnccn1)N(C(=S)[S-])N(C(=S)S)c1cn[nH]n1.O=C(c1cnccn1)N(C(=S)[S-])N(C(=S)S)c1cn[nH]n1.[O]=[Mo+2]=[O]. The first-order valence-electron chi connectivity index (χ1n) is 10.8. The van der Waals surface area contributed by atoms with Crippen LogP contribution in [0.1, 0.15) is 21.0 Å². The van der Waals surface area contributed by atoms with Gasteiger partial charge in [0.2, 0.25) is 0 Å². The van der Waals surface area contributed by atoms with E-state index in [4.69, 9.17) is 80.9 Å². The molecular weight excluding hydrogens is 829 g/mol. The number of hydrogen-bond acceptors (Lipinski definition) is 18. The van der Waals surface area contributed by atoms with Gasteiger partial charge in [-0.1, -0.05) is 24.4 Å². The molecular formula is C18H12MoN14O4S8. The van der Waals surface area contributed by atoms with E-state index >= 15 is 0 Å². The molecule has 27 heteroatoms. The molecule has 0 aromatic carbocycles. The van der Waals surface area contributed by atoms with E-state index in [1.807, 2.05) is 0 Å². The van der Waals surface area contributed by atoms with E-state index in [0.717, 1.165) is 20.0 Å². The molecule has 0 atom stereocenters. The Balaban J connectivity index is 0.000000288. The van der Waals surface area contributed by atoms with Gasteiger partial charge in [-0.2, -0.15) is 20.6 Å². The number of H-pyrrole nitrogens is 2. The van der Waals surface area contributed by atoms with Crippen LogP contribution in [0.4, 0.5) is 11.6 Å². The number of hydrogen-bond donors (Lipinski definition) is 4. The van der Waals surface area contributed by atoms with Crippen LogP contribution in [0.5, 0.6) is 0 Å². The summed E-state index contributed by atoms with van der Waals surface area (Å²) < 4.78 is 16.7. The van der Waals surface area contributed by atoms with Gasteiger partial charge in [-0.15, -0.1) is 35.5 Å². The number of thiocarbonyl (C=S) groups is 4. The number of aromatic amines is 2. The van der Waals surface area contributed by atoms with Gasteiger partial charge in [0.25, 0.3) is 11.8 Å². The van der Waals surface area contributed by atoms with E-state index in [2.05, 4.69) is 76.0 Å². The molecule has 0 unspecified atom stereocenters. The van der Waals surface area contributed by atoms with Crippen molar-refractivity contribution in [2.45, 2.75) is 0 Å². The van der Waals surface area contributed by atoms with E-state index in [9.17, 15) is 9.59 Å². The van der Waals surface area contributed by atoms with Crippen molar-refractivity contribution >= 4 is 140 Å². The van der Waals surface area contributed by atoms with E-state index in [1.54, 1.807) is 0 Å². The molecule has 0 saturated heterocycles. The van der Waals surface area contributed by atoms with Crippen LogP contribution in [0.2, 0.25) is 0 Å². The Hall–Kier alpha value is -3.23. The van der Waals surface area contributed by atoms with Crippen molar-refractivity contribution in [1.82, 2.24) is 60.8 Å². The summed E-state index contributed by atoms with van der Waals surface area (Å²) in [6, 6.07) is 0. The van der Waals surface area contributed by atoms with Gasteiger partial charge in [0.05, 0.1) is 24.8 Å². The Kier molecular flexibility index (Phi) is 16.3. The van der Waals surface area contributed by atoms with Crippen molar-refractivity contribution in [3.8, 4) is 0 Å². The van der Waals surface area contributed by atoms with E-state index in [0.29, 0.717) is 0 Å². The summed E-state index contributed by atoms with van der Waals surface area (Å²) >= 11 is 35.9. The second-order valence-electron chi connectivity index (χ2n) is 6.86. The van der Waals surface area contributed by atoms with Crippen molar-refractivity contribution in [2.75, 3.05) is 10.0 Å². The number of hydrazine groups is 2. The van der Waals surface area contributed by atoms with E-state index < -0.39 is 30.3 Å². The number of carbonyl (C=O) groups excluding carboxylic acids is 2. The molecule has 0 saturated carbocycles. The van der Waals surface area contributed by atoms with Crippen molar-refractivity contribution in [2.24, 2.45) is 0 Å². The average molecular weight is 841 g/mol. The molecule has 45 heavy (non-hydrogen) atoms. The molecule has 4 heterocycles. The first-order valence-corrected chi connectivity index (χ1v) is 15.8. The third-order valence-corrected chi connectivity index (χ3v) is 5.71. The maximum absolute atomic E-state index is 12.5.